The number of aromatic nitrogens is 3. The first kappa shape index (κ1) is 33.6. The van der Waals surface area contributed by atoms with E-state index < -0.39 is 0 Å². The van der Waals surface area contributed by atoms with Crippen LogP contribution < -0.4 is 10.7 Å². The molecule has 0 amide bonds. The molecule has 0 atom stereocenters. The maximum atomic E-state index is 12.6. The molecule has 0 radical (unpaired) electrons. The molecule has 8 nitrogen and oxygen atoms in total. The van der Waals surface area contributed by atoms with Crippen molar-refractivity contribution >= 4 is 35.9 Å². The summed E-state index contributed by atoms with van der Waals surface area (Å²) in [5.41, 5.74) is 13.5. The molecule has 1 aliphatic rings. The van der Waals surface area contributed by atoms with E-state index in [1.165, 1.54) is 16.7 Å². The van der Waals surface area contributed by atoms with Gasteiger partial charge in [-0.05, 0) is 130 Å². The van der Waals surface area contributed by atoms with Crippen molar-refractivity contribution in [1.82, 2.24) is 15.0 Å². The minimum atomic E-state index is -0.379. The number of aromatic amines is 3. The van der Waals surface area contributed by atoms with Gasteiger partial charge in [-0.1, -0.05) is 27.7 Å². The highest BCUT2D eigenvalue weighted by Gasteiger charge is 2.26. The molecule has 3 aromatic rings. The van der Waals surface area contributed by atoms with Crippen LogP contribution in [0.25, 0.3) is 18.2 Å². The van der Waals surface area contributed by atoms with E-state index in [0.717, 1.165) is 87.0 Å². The largest absolute Gasteiger partial charge is 0.461 e. The zero-order valence-corrected chi connectivity index (χ0v) is 28.6. The predicted molar refractivity (Wildman–Crippen MR) is 182 cm³/mol. The maximum absolute atomic E-state index is 12.6. The van der Waals surface area contributed by atoms with Gasteiger partial charge in [-0.25, -0.2) is 14.6 Å². The summed E-state index contributed by atoms with van der Waals surface area (Å²) >= 11 is 0. The molecule has 0 fully saturated rings. The van der Waals surface area contributed by atoms with Crippen molar-refractivity contribution in [2.24, 2.45) is 4.99 Å². The minimum absolute atomic E-state index is 0.316. The van der Waals surface area contributed by atoms with Crippen LogP contribution in [0.3, 0.4) is 0 Å². The van der Waals surface area contributed by atoms with Gasteiger partial charge in [0.25, 0.3) is 0 Å². The quantitative estimate of drug-likeness (QED) is 0.224. The van der Waals surface area contributed by atoms with E-state index in [2.05, 4.69) is 74.7 Å². The molecule has 1 aliphatic heterocycles. The van der Waals surface area contributed by atoms with E-state index in [1.807, 2.05) is 20.8 Å². The summed E-state index contributed by atoms with van der Waals surface area (Å²) in [5, 5.41) is 2.06. The number of hydrogen-bond donors (Lipinski definition) is 3. The third-order valence-electron chi connectivity index (χ3n) is 8.88. The molecular formula is C37H48N4O4. The topological polar surface area (TPSA) is 112 Å². The lowest BCUT2D eigenvalue weighted by Gasteiger charge is -2.03. The minimum Gasteiger partial charge on any atom is -0.461 e. The van der Waals surface area contributed by atoms with Gasteiger partial charge in [-0.15, -0.1) is 0 Å². The van der Waals surface area contributed by atoms with Crippen molar-refractivity contribution in [2.45, 2.75) is 94.9 Å². The first-order valence-electron chi connectivity index (χ1n) is 16.2. The fourth-order valence-corrected chi connectivity index (χ4v) is 6.44. The lowest BCUT2D eigenvalue weighted by atomic mass is 10.0. The number of rotatable bonds is 11. The standard InChI is InChI=1S/C37H48N4O4/c1-11-24-20(7)28(17-32-26(13-3)22(9)34(40-32)36(42)44-15-5)38-30(24)19-31-25(12-2)21(8)29(39-31)18-33-27(14-4)23(10)35(41-33)37(43)45-16-6/h17-19,38-40H,11-16H2,1-10H3/b28-17-,30-19-,33-18-. The van der Waals surface area contributed by atoms with Crippen LogP contribution in [-0.4, -0.2) is 45.8 Å². The Morgan fingerprint density at radius 3 is 1.80 bits per heavy atom. The second-order valence-electron chi connectivity index (χ2n) is 11.4. The molecule has 0 saturated carbocycles. The van der Waals surface area contributed by atoms with Gasteiger partial charge >= 0.3 is 11.9 Å². The SMILES string of the molecule is CCOC(=O)C1=N/C(=C\c2[nH]c(/C=c3\[nH]/c(=C\c4[nH]c(C(=O)OCC)c(C)c4CC)c(C)c3CC)c(CC)c2C)C(CC)=C1C. The Morgan fingerprint density at radius 1 is 0.622 bits per heavy atom. The fraction of sp³-hybridized carbons (Fsp3) is 0.432. The summed E-state index contributed by atoms with van der Waals surface area (Å²) in [7, 11) is 0. The average Bonchev–Trinajstić information content (AvgIpc) is 3.69. The van der Waals surface area contributed by atoms with E-state index in [4.69, 9.17) is 14.5 Å². The maximum Gasteiger partial charge on any atom is 0.357 e. The molecule has 240 valence electrons. The lowest BCUT2D eigenvalue weighted by Crippen LogP contribution is -2.17. The highest BCUT2D eigenvalue weighted by molar-refractivity contribution is 6.44. The van der Waals surface area contributed by atoms with E-state index in [0.29, 0.717) is 24.6 Å². The highest BCUT2D eigenvalue weighted by atomic mass is 16.5. The number of esters is 2. The van der Waals surface area contributed by atoms with Crippen LogP contribution in [0, 0.1) is 20.8 Å². The second kappa shape index (κ2) is 14.2. The number of carbonyl (C=O) groups excluding carboxylic acids is 2. The summed E-state index contributed by atoms with van der Waals surface area (Å²) in [4.78, 5) is 40.5. The molecule has 0 saturated heterocycles. The normalized spacial score (nSPS) is 15.1. The number of nitrogens with zero attached hydrogens (tertiary/aromatic N) is 1. The summed E-state index contributed by atoms with van der Waals surface area (Å²) in [6.07, 6.45) is 9.67. The number of nitrogens with one attached hydrogen (secondary N) is 3. The van der Waals surface area contributed by atoms with Gasteiger partial charge in [-0.3, -0.25) is 0 Å². The van der Waals surface area contributed by atoms with Crippen molar-refractivity contribution < 1.29 is 19.1 Å². The van der Waals surface area contributed by atoms with E-state index >= 15 is 0 Å². The van der Waals surface area contributed by atoms with E-state index in [1.54, 1.807) is 6.92 Å². The molecule has 4 heterocycles. The van der Waals surface area contributed by atoms with Crippen molar-refractivity contribution in [2.75, 3.05) is 13.2 Å². The summed E-state index contributed by atoms with van der Waals surface area (Å²) in [5.74, 6) is -0.705. The Balaban J connectivity index is 1.84. The van der Waals surface area contributed by atoms with Crippen LogP contribution in [0.15, 0.2) is 21.8 Å². The molecule has 8 heteroatoms. The van der Waals surface area contributed by atoms with Gasteiger partial charge in [0.05, 0.1) is 18.9 Å². The molecule has 0 spiro atoms. The number of hydrogen-bond acceptors (Lipinski definition) is 5. The van der Waals surface area contributed by atoms with Crippen LogP contribution >= 0.6 is 0 Å². The Labute approximate surface area is 266 Å². The monoisotopic (exact) mass is 612 g/mol. The molecule has 45 heavy (non-hydrogen) atoms. The van der Waals surface area contributed by atoms with Crippen molar-refractivity contribution in [3.8, 4) is 0 Å². The summed E-state index contributed by atoms with van der Waals surface area (Å²) < 4.78 is 10.5. The van der Waals surface area contributed by atoms with Gasteiger partial charge in [0, 0.05) is 27.8 Å². The lowest BCUT2D eigenvalue weighted by molar-refractivity contribution is -0.134. The molecule has 0 aromatic carbocycles. The molecule has 0 aliphatic carbocycles. The average molecular weight is 613 g/mol. The Bertz CT molecular complexity index is 1840. The zero-order chi connectivity index (χ0) is 33.0. The molecular weight excluding hydrogens is 564 g/mol. The number of H-pyrrole nitrogens is 3. The Hall–Kier alpha value is -4.33. The molecule has 4 rings (SSSR count). The predicted octanol–water partition coefficient (Wildman–Crippen LogP) is 6.20. The zero-order valence-electron chi connectivity index (χ0n) is 28.6. The Kier molecular flexibility index (Phi) is 10.6. The van der Waals surface area contributed by atoms with E-state index in [9.17, 15) is 9.59 Å². The van der Waals surface area contributed by atoms with Crippen LogP contribution in [0.4, 0.5) is 0 Å². The molecule has 0 bridgehead atoms. The van der Waals surface area contributed by atoms with Crippen molar-refractivity contribution in [1.29, 1.82) is 0 Å². The van der Waals surface area contributed by atoms with E-state index in [-0.39, 0.29) is 11.9 Å². The Morgan fingerprint density at radius 2 is 1.20 bits per heavy atom. The third-order valence-corrected chi connectivity index (χ3v) is 8.88. The van der Waals surface area contributed by atoms with Gasteiger partial charge in [0.2, 0.25) is 0 Å². The van der Waals surface area contributed by atoms with Crippen molar-refractivity contribution in [3.05, 3.63) is 83.7 Å². The van der Waals surface area contributed by atoms with Crippen LogP contribution in [0.2, 0.25) is 0 Å². The summed E-state index contributed by atoms with van der Waals surface area (Å²) in [6, 6.07) is 0. The second-order valence-corrected chi connectivity index (χ2v) is 11.4. The summed E-state index contributed by atoms with van der Waals surface area (Å²) in [6.45, 7) is 21.0. The van der Waals surface area contributed by atoms with Gasteiger partial charge in [0.15, 0.2) is 5.71 Å². The van der Waals surface area contributed by atoms with Gasteiger partial charge in [-0.2, -0.15) is 0 Å². The number of ether oxygens (including phenoxy) is 2. The first-order valence-corrected chi connectivity index (χ1v) is 16.2. The van der Waals surface area contributed by atoms with Crippen molar-refractivity contribution in [3.63, 3.8) is 0 Å². The van der Waals surface area contributed by atoms with Crippen LogP contribution in [0.5, 0.6) is 0 Å². The molecule has 3 aromatic heterocycles. The van der Waals surface area contributed by atoms with Crippen LogP contribution in [-0.2, 0) is 33.5 Å². The fourth-order valence-electron chi connectivity index (χ4n) is 6.44. The molecule has 3 N–H and O–H groups in total. The number of aliphatic imine (C=N–C) groups is 1. The smallest absolute Gasteiger partial charge is 0.357 e. The number of carbonyl (C=O) groups is 2. The third kappa shape index (κ3) is 6.42. The first-order chi connectivity index (χ1) is 21.5. The van der Waals surface area contributed by atoms with Gasteiger partial charge in [0.1, 0.15) is 5.69 Å². The van der Waals surface area contributed by atoms with Crippen LogP contribution in [0.1, 0.15) is 116 Å². The highest BCUT2D eigenvalue weighted by Crippen LogP contribution is 2.32. The molecule has 0 unspecified atom stereocenters. The number of allylic oxidation sites excluding steroid dienone is 1. The van der Waals surface area contributed by atoms with Gasteiger partial charge < -0.3 is 24.4 Å².